The molecule has 1 aromatic heterocycles. The molecule has 0 fully saturated rings. The highest BCUT2D eigenvalue weighted by Gasteiger charge is 2.17. The fraction of sp³-hybridized carbons (Fsp3) is 0.105. The number of nitrogens with zero attached hydrogens (tertiary/aromatic N) is 2. The molecule has 0 amide bonds. The Balaban J connectivity index is 2.10. The zero-order chi connectivity index (χ0) is 19.0. The zero-order valence-corrected chi connectivity index (χ0v) is 14.8. The van der Waals surface area contributed by atoms with Gasteiger partial charge in [-0.1, -0.05) is 17.7 Å². The van der Waals surface area contributed by atoms with Crippen molar-refractivity contribution < 1.29 is 19.8 Å². The topological polar surface area (TPSA) is 92.4 Å². The molecule has 0 saturated carbocycles. The summed E-state index contributed by atoms with van der Waals surface area (Å²) in [5.41, 5.74) is 3.99. The summed E-state index contributed by atoms with van der Waals surface area (Å²) in [6.07, 6.45) is 0. The smallest absolute Gasteiger partial charge is 0.337 e. The van der Waals surface area contributed by atoms with Gasteiger partial charge in [0, 0.05) is 11.3 Å². The van der Waals surface area contributed by atoms with Crippen molar-refractivity contribution >= 4 is 23.5 Å². The summed E-state index contributed by atoms with van der Waals surface area (Å²) >= 11 is 5.95. The predicted octanol–water partition coefficient (Wildman–Crippen LogP) is 4.21. The Morgan fingerprint density at radius 3 is 2.23 bits per heavy atom. The molecule has 0 saturated heterocycles. The van der Waals surface area contributed by atoms with Crippen LogP contribution >= 0.6 is 11.6 Å². The third-order valence-electron chi connectivity index (χ3n) is 4.14. The fourth-order valence-corrected chi connectivity index (χ4v) is 3.10. The molecular weight excluding hydrogens is 356 g/mol. The molecule has 0 atom stereocenters. The molecule has 132 valence electrons. The Morgan fingerprint density at radius 2 is 1.65 bits per heavy atom. The van der Waals surface area contributed by atoms with Gasteiger partial charge in [-0.25, -0.2) is 14.3 Å². The van der Waals surface area contributed by atoms with Crippen molar-refractivity contribution in [1.82, 2.24) is 9.78 Å². The fourth-order valence-electron chi connectivity index (χ4n) is 2.90. The van der Waals surface area contributed by atoms with E-state index in [1.807, 2.05) is 13.8 Å². The third kappa shape index (κ3) is 3.07. The highest BCUT2D eigenvalue weighted by Crippen LogP contribution is 2.31. The minimum Gasteiger partial charge on any atom is -0.478 e. The van der Waals surface area contributed by atoms with Crippen molar-refractivity contribution in [1.29, 1.82) is 0 Å². The van der Waals surface area contributed by atoms with Crippen molar-refractivity contribution in [3.8, 4) is 16.8 Å². The van der Waals surface area contributed by atoms with E-state index in [-0.39, 0.29) is 16.1 Å². The summed E-state index contributed by atoms with van der Waals surface area (Å²) in [4.78, 5) is 22.3. The van der Waals surface area contributed by atoms with E-state index in [9.17, 15) is 14.7 Å². The molecule has 3 aromatic rings. The van der Waals surface area contributed by atoms with Crippen LogP contribution in [0.1, 0.15) is 32.1 Å². The second-order valence-corrected chi connectivity index (χ2v) is 6.22. The van der Waals surface area contributed by atoms with Crippen LogP contribution in [0.4, 0.5) is 0 Å². The molecule has 0 bridgehead atoms. The van der Waals surface area contributed by atoms with Crippen LogP contribution in [0.25, 0.3) is 16.8 Å². The highest BCUT2D eigenvalue weighted by molar-refractivity contribution is 6.33. The van der Waals surface area contributed by atoms with Gasteiger partial charge in [0.25, 0.3) is 0 Å². The van der Waals surface area contributed by atoms with E-state index in [2.05, 4.69) is 5.10 Å². The number of halogens is 1. The van der Waals surface area contributed by atoms with Crippen molar-refractivity contribution in [2.24, 2.45) is 0 Å². The lowest BCUT2D eigenvalue weighted by Gasteiger charge is -2.07. The maximum atomic E-state index is 11.3. The number of rotatable bonds is 4. The minimum atomic E-state index is -1.09. The van der Waals surface area contributed by atoms with Crippen LogP contribution < -0.4 is 0 Å². The number of hydrogen-bond donors (Lipinski definition) is 2. The molecule has 0 unspecified atom stereocenters. The molecule has 0 aliphatic carbocycles. The molecule has 2 aromatic carbocycles. The summed E-state index contributed by atoms with van der Waals surface area (Å²) in [7, 11) is 0. The second kappa shape index (κ2) is 6.65. The lowest BCUT2D eigenvalue weighted by molar-refractivity contribution is 0.0686. The maximum Gasteiger partial charge on any atom is 0.337 e. The molecule has 1 heterocycles. The first-order chi connectivity index (χ1) is 12.3. The SMILES string of the molecule is Cc1nn(-c2ccc(C(=O)O)cc2)c(C)c1-c1ccc(Cl)c(C(=O)O)c1. The van der Waals surface area contributed by atoms with E-state index in [1.165, 1.54) is 18.2 Å². The number of carbonyl (C=O) groups is 2. The Morgan fingerprint density at radius 1 is 1.00 bits per heavy atom. The van der Waals surface area contributed by atoms with Gasteiger partial charge in [-0.05, 0) is 55.8 Å². The molecule has 0 aliphatic rings. The molecule has 3 rings (SSSR count). The summed E-state index contributed by atoms with van der Waals surface area (Å²) in [5, 5.41) is 23.0. The van der Waals surface area contributed by atoms with Crippen LogP contribution in [-0.4, -0.2) is 31.9 Å². The quantitative estimate of drug-likeness (QED) is 0.717. The average Bonchev–Trinajstić information content (AvgIpc) is 2.90. The first kappa shape index (κ1) is 17.7. The van der Waals surface area contributed by atoms with Gasteiger partial charge in [-0.3, -0.25) is 0 Å². The Hall–Kier alpha value is -3.12. The molecule has 0 spiro atoms. The zero-order valence-electron chi connectivity index (χ0n) is 14.0. The normalized spacial score (nSPS) is 10.7. The molecule has 0 aliphatic heterocycles. The van der Waals surface area contributed by atoms with Gasteiger partial charge in [0.15, 0.2) is 0 Å². The number of aromatic carboxylic acids is 2. The van der Waals surface area contributed by atoms with E-state index >= 15 is 0 Å². The highest BCUT2D eigenvalue weighted by atomic mass is 35.5. The number of benzene rings is 2. The van der Waals surface area contributed by atoms with E-state index in [0.29, 0.717) is 11.3 Å². The van der Waals surface area contributed by atoms with Crippen LogP contribution in [0.3, 0.4) is 0 Å². The van der Waals surface area contributed by atoms with Gasteiger partial charge in [-0.15, -0.1) is 0 Å². The van der Waals surface area contributed by atoms with Crippen LogP contribution in [0, 0.1) is 13.8 Å². The number of carboxylic acid groups (broad SMARTS) is 2. The minimum absolute atomic E-state index is 0.0292. The van der Waals surface area contributed by atoms with E-state index in [0.717, 1.165) is 17.0 Å². The predicted molar refractivity (Wildman–Crippen MR) is 97.4 cm³/mol. The van der Waals surface area contributed by atoms with Gasteiger partial charge in [0.1, 0.15) is 0 Å². The van der Waals surface area contributed by atoms with Crippen molar-refractivity contribution in [2.45, 2.75) is 13.8 Å². The second-order valence-electron chi connectivity index (χ2n) is 5.81. The van der Waals surface area contributed by atoms with Crippen molar-refractivity contribution in [3.63, 3.8) is 0 Å². The van der Waals surface area contributed by atoms with Crippen molar-refractivity contribution in [3.05, 3.63) is 70.0 Å². The summed E-state index contributed by atoms with van der Waals surface area (Å²) in [6.45, 7) is 3.70. The third-order valence-corrected chi connectivity index (χ3v) is 4.47. The monoisotopic (exact) mass is 370 g/mol. The molecule has 7 heteroatoms. The standard InChI is InChI=1S/C19H15ClN2O4/c1-10-17(13-5-8-16(20)15(9-13)19(25)26)11(2)22(21-10)14-6-3-12(4-7-14)18(23)24/h3-9H,1-2H3,(H,23,24)(H,25,26). The van der Waals surface area contributed by atoms with Crippen LogP contribution in [0.15, 0.2) is 42.5 Å². The first-order valence-electron chi connectivity index (χ1n) is 7.72. The number of carboxylic acids is 2. The lowest BCUT2D eigenvalue weighted by atomic mass is 10.0. The van der Waals surface area contributed by atoms with E-state index in [4.69, 9.17) is 16.7 Å². The first-order valence-corrected chi connectivity index (χ1v) is 8.10. The van der Waals surface area contributed by atoms with Gasteiger partial charge in [-0.2, -0.15) is 5.10 Å². The van der Waals surface area contributed by atoms with Gasteiger partial charge < -0.3 is 10.2 Å². The Labute approximate surface area is 154 Å². The van der Waals surface area contributed by atoms with Crippen LogP contribution in [-0.2, 0) is 0 Å². The summed E-state index contributed by atoms with van der Waals surface area (Å²) in [5.74, 6) is -2.09. The average molecular weight is 371 g/mol. The van der Waals surface area contributed by atoms with Crippen molar-refractivity contribution in [2.75, 3.05) is 0 Å². The molecule has 6 nitrogen and oxygen atoms in total. The van der Waals surface area contributed by atoms with Gasteiger partial charge in [0.05, 0.1) is 27.5 Å². The number of aromatic nitrogens is 2. The molecule has 0 radical (unpaired) electrons. The van der Waals surface area contributed by atoms with Gasteiger partial charge >= 0.3 is 11.9 Å². The summed E-state index contributed by atoms with van der Waals surface area (Å²) < 4.78 is 1.70. The Bertz CT molecular complexity index is 1020. The van der Waals surface area contributed by atoms with Gasteiger partial charge in [0.2, 0.25) is 0 Å². The van der Waals surface area contributed by atoms with E-state index in [1.54, 1.807) is 28.9 Å². The molecule has 2 N–H and O–H groups in total. The van der Waals surface area contributed by atoms with Crippen LogP contribution in [0.2, 0.25) is 5.02 Å². The van der Waals surface area contributed by atoms with E-state index < -0.39 is 11.9 Å². The summed E-state index contributed by atoms with van der Waals surface area (Å²) in [6, 6.07) is 11.2. The van der Waals surface area contributed by atoms with Crippen LogP contribution in [0.5, 0.6) is 0 Å². The number of hydrogen-bond acceptors (Lipinski definition) is 3. The largest absolute Gasteiger partial charge is 0.478 e. The number of aryl methyl sites for hydroxylation is 1. The molecule has 26 heavy (non-hydrogen) atoms. The Kier molecular flexibility index (Phi) is 4.52. The molecular formula is C19H15ClN2O4. The lowest BCUT2D eigenvalue weighted by Crippen LogP contribution is -2.01. The maximum absolute atomic E-state index is 11.3.